The lowest BCUT2D eigenvalue weighted by molar-refractivity contribution is -0.160. The number of carbonyl (C=O) groups is 2. The second-order valence-corrected chi connectivity index (χ2v) is 6.72. The fourth-order valence-electron chi connectivity index (χ4n) is 3.86. The Hall–Kier alpha value is -1.06. The monoisotopic (exact) mass is 278 g/mol. The Morgan fingerprint density at radius 2 is 1.90 bits per heavy atom. The highest BCUT2D eigenvalue weighted by atomic mass is 16.2. The lowest BCUT2D eigenvalue weighted by Gasteiger charge is -2.50. The summed E-state index contributed by atoms with van der Waals surface area (Å²) in [7, 11) is 0. The van der Waals surface area contributed by atoms with Crippen LogP contribution in [-0.2, 0) is 9.59 Å². The van der Waals surface area contributed by atoms with Crippen LogP contribution in [0.4, 0.5) is 0 Å². The molecule has 1 N–H and O–H groups in total. The second-order valence-electron chi connectivity index (χ2n) is 6.72. The van der Waals surface area contributed by atoms with Gasteiger partial charge in [-0.15, -0.1) is 0 Å². The largest absolute Gasteiger partial charge is 0.342 e. The minimum Gasteiger partial charge on any atom is -0.342 e. The summed E-state index contributed by atoms with van der Waals surface area (Å²) in [6.45, 7) is 2.90. The van der Waals surface area contributed by atoms with Crippen LogP contribution in [0.15, 0.2) is 0 Å². The van der Waals surface area contributed by atoms with Crippen LogP contribution in [0.3, 0.4) is 0 Å². The molecule has 0 bridgehead atoms. The van der Waals surface area contributed by atoms with Crippen LogP contribution in [-0.4, -0.2) is 34.8 Å². The first-order valence-electron chi connectivity index (χ1n) is 8.31. The van der Waals surface area contributed by atoms with Crippen molar-refractivity contribution >= 4 is 11.8 Å². The van der Waals surface area contributed by atoms with E-state index in [0.717, 1.165) is 57.9 Å². The molecule has 4 nitrogen and oxygen atoms in total. The van der Waals surface area contributed by atoms with E-state index in [-0.39, 0.29) is 17.9 Å². The smallest absolute Gasteiger partial charge is 0.246 e. The molecule has 3 fully saturated rings. The van der Waals surface area contributed by atoms with Gasteiger partial charge >= 0.3 is 0 Å². The molecule has 0 aromatic rings. The molecule has 4 heteroatoms. The first kappa shape index (κ1) is 13.9. The molecule has 2 saturated carbocycles. The predicted octanol–water partition coefficient (Wildman–Crippen LogP) is 2.23. The van der Waals surface area contributed by atoms with Gasteiger partial charge in [-0.1, -0.05) is 32.6 Å². The highest BCUT2D eigenvalue weighted by Crippen LogP contribution is 2.41. The molecule has 1 heterocycles. The van der Waals surface area contributed by atoms with Crippen LogP contribution in [0.25, 0.3) is 0 Å². The minimum atomic E-state index is -0.518. The quantitative estimate of drug-likeness (QED) is 0.857. The normalized spacial score (nSPS) is 29.6. The number of carbonyl (C=O) groups excluding carboxylic acids is 2. The van der Waals surface area contributed by atoms with Gasteiger partial charge in [0.15, 0.2) is 0 Å². The number of hydrogen-bond donors (Lipinski definition) is 1. The van der Waals surface area contributed by atoms with E-state index in [1.54, 1.807) is 0 Å². The summed E-state index contributed by atoms with van der Waals surface area (Å²) in [5.74, 6) is 0.726. The maximum atomic E-state index is 12.8. The Balaban J connectivity index is 1.86. The standard InChI is InChI=1S/C16H26N2O2/c1-2-3-11-18-14(19)13(12-7-8-12)17-15(20)16(18)9-5-4-6-10-16/h12-13H,2-11H2,1H3,(H,17,20). The third-order valence-corrected chi connectivity index (χ3v) is 5.27. The molecular formula is C16H26N2O2. The summed E-state index contributed by atoms with van der Waals surface area (Å²) in [6.07, 6.45) is 9.27. The second kappa shape index (κ2) is 5.38. The highest BCUT2D eigenvalue weighted by Gasteiger charge is 2.54. The van der Waals surface area contributed by atoms with Crippen molar-refractivity contribution in [1.29, 1.82) is 0 Å². The zero-order valence-electron chi connectivity index (χ0n) is 12.5. The van der Waals surface area contributed by atoms with E-state index < -0.39 is 5.54 Å². The molecule has 1 unspecified atom stereocenters. The van der Waals surface area contributed by atoms with E-state index in [1.165, 1.54) is 6.42 Å². The molecule has 1 saturated heterocycles. The topological polar surface area (TPSA) is 49.4 Å². The molecule has 112 valence electrons. The Bertz CT molecular complexity index is 397. The van der Waals surface area contributed by atoms with Gasteiger partial charge in [0.05, 0.1) is 0 Å². The Morgan fingerprint density at radius 1 is 1.20 bits per heavy atom. The van der Waals surface area contributed by atoms with Crippen LogP contribution in [0.5, 0.6) is 0 Å². The van der Waals surface area contributed by atoms with Crippen LogP contribution in [0, 0.1) is 5.92 Å². The van der Waals surface area contributed by atoms with Crippen molar-refractivity contribution in [3.8, 4) is 0 Å². The number of unbranched alkanes of at least 4 members (excludes halogenated alkanes) is 1. The fraction of sp³-hybridized carbons (Fsp3) is 0.875. The molecule has 1 aliphatic heterocycles. The molecule has 20 heavy (non-hydrogen) atoms. The Kier molecular flexibility index (Phi) is 3.74. The third kappa shape index (κ3) is 2.23. The molecule has 3 rings (SSSR count). The molecule has 0 radical (unpaired) electrons. The van der Waals surface area contributed by atoms with Crippen molar-refractivity contribution < 1.29 is 9.59 Å². The SMILES string of the molecule is CCCCN1C(=O)C(C2CC2)NC(=O)C12CCCCC2. The van der Waals surface area contributed by atoms with Crippen molar-refractivity contribution in [3.63, 3.8) is 0 Å². The van der Waals surface area contributed by atoms with Gasteiger partial charge in [0, 0.05) is 6.54 Å². The number of nitrogens with one attached hydrogen (secondary N) is 1. The van der Waals surface area contributed by atoms with E-state index >= 15 is 0 Å². The minimum absolute atomic E-state index is 0.129. The number of hydrogen-bond acceptors (Lipinski definition) is 2. The molecule has 0 aromatic heterocycles. The van der Waals surface area contributed by atoms with Gasteiger partial charge in [0.25, 0.3) is 0 Å². The maximum absolute atomic E-state index is 12.8. The zero-order valence-corrected chi connectivity index (χ0v) is 12.5. The molecule has 3 aliphatic rings. The number of piperazine rings is 1. The lowest BCUT2D eigenvalue weighted by Crippen LogP contribution is -2.71. The number of amides is 2. The van der Waals surface area contributed by atoms with E-state index in [4.69, 9.17) is 0 Å². The summed E-state index contributed by atoms with van der Waals surface area (Å²) < 4.78 is 0. The van der Waals surface area contributed by atoms with Gasteiger partial charge in [-0.25, -0.2) is 0 Å². The summed E-state index contributed by atoms with van der Waals surface area (Å²) in [5, 5.41) is 3.06. The van der Waals surface area contributed by atoms with Gasteiger partial charge < -0.3 is 10.2 Å². The van der Waals surface area contributed by atoms with Crippen molar-refractivity contribution in [1.82, 2.24) is 10.2 Å². The van der Waals surface area contributed by atoms with E-state index in [1.807, 2.05) is 4.90 Å². The summed E-state index contributed by atoms with van der Waals surface area (Å²) in [4.78, 5) is 27.5. The van der Waals surface area contributed by atoms with Gasteiger partial charge in [-0.3, -0.25) is 9.59 Å². The maximum Gasteiger partial charge on any atom is 0.246 e. The van der Waals surface area contributed by atoms with Crippen LogP contribution in [0.1, 0.15) is 64.7 Å². The summed E-state index contributed by atoms with van der Waals surface area (Å²) >= 11 is 0. The summed E-state index contributed by atoms with van der Waals surface area (Å²) in [6, 6.07) is -0.230. The van der Waals surface area contributed by atoms with Crippen LogP contribution in [0.2, 0.25) is 0 Å². The average Bonchev–Trinajstić information content (AvgIpc) is 3.29. The zero-order chi connectivity index (χ0) is 14.2. The van der Waals surface area contributed by atoms with Crippen molar-refractivity contribution in [2.45, 2.75) is 76.3 Å². The highest BCUT2D eigenvalue weighted by molar-refractivity contribution is 6.00. The number of rotatable bonds is 4. The Morgan fingerprint density at radius 3 is 2.50 bits per heavy atom. The van der Waals surface area contributed by atoms with Crippen molar-refractivity contribution in [2.24, 2.45) is 5.92 Å². The molecule has 1 atom stereocenters. The van der Waals surface area contributed by atoms with Crippen LogP contribution < -0.4 is 5.32 Å². The first-order valence-corrected chi connectivity index (χ1v) is 8.31. The van der Waals surface area contributed by atoms with E-state index in [0.29, 0.717) is 5.92 Å². The average molecular weight is 278 g/mol. The molecule has 0 aromatic carbocycles. The molecule has 1 spiro atoms. The Labute approximate surface area is 121 Å². The van der Waals surface area contributed by atoms with E-state index in [2.05, 4.69) is 12.2 Å². The van der Waals surface area contributed by atoms with Gasteiger partial charge in [0.2, 0.25) is 11.8 Å². The molecule has 2 aliphatic carbocycles. The van der Waals surface area contributed by atoms with Gasteiger partial charge in [0.1, 0.15) is 11.6 Å². The fourth-order valence-corrected chi connectivity index (χ4v) is 3.86. The van der Waals surface area contributed by atoms with Crippen molar-refractivity contribution in [3.05, 3.63) is 0 Å². The van der Waals surface area contributed by atoms with Gasteiger partial charge in [-0.05, 0) is 38.0 Å². The molecular weight excluding hydrogens is 252 g/mol. The van der Waals surface area contributed by atoms with Crippen molar-refractivity contribution in [2.75, 3.05) is 6.54 Å². The number of nitrogens with zero attached hydrogens (tertiary/aromatic N) is 1. The van der Waals surface area contributed by atoms with E-state index in [9.17, 15) is 9.59 Å². The third-order valence-electron chi connectivity index (χ3n) is 5.27. The lowest BCUT2D eigenvalue weighted by atomic mass is 9.77. The summed E-state index contributed by atoms with van der Waals surface area (Å²) in [5.41, 5.74) is -0.518. The van der Waals surface area contributed by atoms with Gasteiger partial charge in [-0.2, -0.15) is 0 Å². The molecule has 2 amide bonds. The van der Waals surface area contributed by atoms with Crippen LogP contribution >= 0.6 is 0 Å². The first-order chi connectivity index (χ1) is 9.69. The predicted molar refractivity (Wildman–Crippen MR) is 77.1 cm³/mol.